The third-order valence-electron chi connectivity index (χ3n) is 3.94. The molecule has 0 fully saturated rings. The van der Waals surface area contributed by atoms with E-state index in [4.69, 9.17) is 25.8 Å². The van der Waals surface area contributed by atoms with Gasteiger partial charge in [0.05, 0.1) is 13.2 Å². The average Bonchev–Trinajstić information content (AvgIpc) is 2.59. The Hall–Kier alpha value is -1.82. The number of rotatable bonds is 7. The zero-order chi connectivity index (χ0) is 17.6. The molecule has 1 heterocycles. The van der Waals surface area contributed by atoms with Crippen molar-refractivity contribution in [3.8, 4) is 11.5 Å². The van der Waals surface area contributed by atoms with Crippen LogP contribution in [0.3, 0.4) is 0 Å². The van der Waals surface area contributed by atoms with Gasteiger partial charge in [0.1, 0.15) is 17.3 Å². The van der Waals surface area contributed by atoms with E-state index >= 15 is 0 Å². The van der Waals surface area contributed by atoms with Gasteiger partial charge < -0.3 is 19.1 Å². The van der Waals surface area contributed by atoms with Crippen molar-refractivity contribution in [3.05, 3.63) is 58.4 Å². The van der Waals surface area contributed by atoms with E-state index in [1.54, 1.807) is 6.07 Å². The molecule has 0 N–H and O–H groups in total. The minimum absolute atomic E-state index is 0.211. The highest BCUT2D eigenvalue weighted by molar-refractivity contribution is 6.30. The fraction of sp³-hybridized carbons (Fsp3) is 0.368. The predicted octanol–water partition coefficient (Wildman–Crippen LogP) is 4.25. The summed E-state index contributed by atoms with van der Waals surface area (Å²) in [6.07, 6.45) is 0.852. The monoisotopic (exact) mass is 365 g/mol. The van der Waals surface area contributed by atoms with Crippen LogP contribution < -0.4 is 9.47 Å². The molecule has 0 atom stereocenters. The van der Waals surface area contributed by atoms with E-state index < -0.39 is 0 Å². The van der Waals surface area contributed by atoms with Gasteiger partial charge in [-0.1, -0.05) is 17.7 Å². The van der Waals surface area contributed by atoms with Gasteiger partial charge >= 0.3 is 0 Å². The van der Waals surface area contributed by atoms with Crippen LogP contribution in [0.15, 0.2) is 36.4 Å². The summed E-state index contributed by atoms with van der Waals surface area (Å²) in [5.74, 6) is 1.25. The van der Waals surface area contributed by atoms with Gasteiger partial charge in [-0.2, -0.15) is 0 Å². The van der Waals surface area contributed by atoms with Gasteiger partial charge in [-0.15, -0.1) is 0 Å². The number of benzene rings is 2. The second kappa shape index (κ2) is 8.52. The molecule has 0 spiro atoms. The summed E-state index contributed by atoms with van der Waals surface area (Å²) in [6, 6.07) is 10.4. The molecule has 0 saturated carbocycles. The standard InChI is InChI=1S/C19H21ClFNO3/c1-22(6-3-7-24-18-5-2-4-16(20)10-18)11-14-8-17(21)9-15-12-23-13-25-19(14)15/h2,4-5,8-10H,3,6-7,11-13H2,1H3. The van der Waals surface area contributed by atoms with Crippen LogP contribution in [0.2, 0.25) is 5.02 Å². The summed E-state index contributed by atoms with van der Waals surface area (Å²) >= 11 is 5.93. The summed E-state index contributed by atoms with van der Waals surface area (Å²) in [5.41, 5.74) is 1.61. The maximum absolute atomic E-state index is 13.8. The molecular formula is C19H21ClFNO3. The summed E-state index contributed by atoms with van der Waals surface area (Å²) in [7, 11) is 2.00. The van der Waals surface area contributed by atoms with Crippen molar-refractivity contribution < 1.29 is 18.6 Å². The molecule has 4 nitrogen and oxygen atoms in total. The third-order valence-corrected chi connectivity index (χ3v) is 4.18. The van der Waals surface area contributed by atoms with E-state index in [9.17, 15) is 4.39 Å². The Morgan fingerprint density at radius 1 is 1.28 bits per heavy atom. The SMILES string of the molecule is CN(CCCOc1cccc(Cl)c1)Cc1cc(F)cc2c1OCOC2. The molecule has 0 saturated heterocycles. The van der Waals surface area contributed by atoms with E-state index in [-0.39, 0.29) is 12.6 Å². The van der Waals surface area contributed by atoms with Crippen molar-refractivity contribution in [3.63, 3.8) is 0 Å². The quantitative estimate of drug-likeness (QED) is 0.686. The van der Waals surface area contributed by atoms with Crippen LogP contribution in [0.4, 0.5) is 4.39 Å². The Balaban J connectivity index is 1.49. The Morgan fingerprint density at radius 3 is 3.00 bits per heavy atom. The van der Waals surface area contributed by atoms with Crippen LogP contribution in [-0.2, 0) is 17.9 Å². The van der Waals surface area contributed by atoms with Crippen LogP contribution in [-0.4, -0.2) is 31.9 Å². The molecule has 0 aromatic heterocycles. The third kappa shape index (κ3) is 5.08. The lowest BCUT2D eigenvalue weighted by Crippen LogP contribution is -2.22. The highest BCUT2D eigenvalue weighted by Crippen LogP contribution is 2.30. The minimum atomic E-state index is -0.263. The molecule has 0 unspecified atom stereocenters. The molecule has 0 aliphatic carbocycles. The maximum atomic E-state index is 13.8. The van der Waals surface area contributed by atoms with Crippen molar-refractivity contribution >= 4 is 11.6 Å². The lowest BCUT2D eigenvalue weighted by Gasteiger charge is -2.23. The molecule has 1 aliphatic rings. The van der Waals surface area contributed by atoms with Crippen molar-refractivity contribution in [2.75, 3.05) is 27.0 Å². The van der Waals surface area contributed by atoms with Crippen LogP contribution in [0.25, 0.3) is 0 Å². The first kappa shape index (κ1) is 18.0. The average molecular weight is 366 g/mol. The van der Waals surface area contributed by atoms with Crippen LogP contribution in [0.1, 0.15) is 17.5 Å². The fourth-order valence-corrected chi connectivity index (χ4v) is 3.01. The first-order valence-corrected chi connectivity index (χ1v) is 8.58. The normalized spacial score (nSPS) is 13.4. The summed E-state index contributed by atoms with van der Waals surface area (Å²) in [6.45, 7) is 2.62. The number of ether oxygens (including phenoxy) is 3. The molecule has 1 aliphatic heterocycles. The topological polar surface area (TPSA) is 30.9 Å². The predicted molar refractivity (Wildman–Crippen MR) is 94.6 cm³/mol. The second-order valence-corrected chi connectivity index (χ2v) is 6.50. The summed E-state index contributed by atoms with van der Waals surface area (Å²) in [5, 5.41) is 0.662. The lowest BCUT2D eigenvalue weighted by atomic mass is 10.1. The van der Waals surface area contributed by atoms with Crippen molar-refractivity contribution in [1.82, 2.24) is 4.90 Å². The van der Waals surface area contributed by atoms with Crippen molar-refractivity contribution in [1.29, 1.82) is 0 Å². The number of fused-ring (bicyclic) bond motifs is 1. The molecule has 0 radical (unpaired) electrons. The largest absolute Gasteiger partial charge is 0.493 e. The van der Waals surface area contributed by atoms with Gasteiger partial charge in [0.2, 0.25) is 0 Å². The molecule has 25 heavy (non-hydrogen) atoms. The van der Waals surface area contributed by atoms with Crippen molar-refractivity contribution in [2.45, 2.75) is 19.6 Å². The zero-order valence-corrected chi connectivity index (χ0v) is 14.9. The molecule has 6 heteroatoms. The Morgan fingerprint density at radius 2 is 2.16 bits per heavy atom. The highest BCUT2D eigenvalue weighted by atomic mass is 35.5. The first-order chi connectivity index (χ1) is 12.1. The number of nitrogens with zero attached hydrogens (tertiary/aromatic N) is 1. The molecule has 0 amide bonds. The highest BCUT2D eigenvalue weighted by Gasteiger charge is 2.17. The van der Waals surface area contributed by atoms with Gasteiger partial charge in [-0.05, 0) is 43.8 Å². The number of hydrogen-bond acceptors (Lipinski definition) is 4. The molecule has 2 aromatic carbocycles. The minimum Gasteiger partial charge on any atom is -0.493 e. The van der Waals surface area contributed by atoms with Gasteiger partial charge in [0.15, 0.2) is 6.79 Å². The smallest absolute Gasteiger partial charge is 0.189 e. The van der Waals surface area contributed by atoms with Crippen LogP contribution >= 0.6 is 11.6 Å². The van der Waals surface area contributed by atoms with E-state index in [0.717, 1.165) is 35.6 Å². The van der Waals surface area contributed by atoms with Gasteiger partial charge in [-0.25, -0.2) is 4.39 Å². The summed E-state index contributed by atoms with van der Waals surface area (Å²) < 4.78 is 30.2. The summed E-state index contributed by atoms with van der Waals surface area (Å²) in [4.78, 5) is 2.12. The van der Waals surface area contributed by atoms with Crippen molar-refractivity contribution in [2.24, 2.45) is 0 Å². The van der Waals surface area contributed by atoms with Crippen LogP contribution in [0, 0.1) is 5.82 Å². The zero-order valence-electron chi connectivity index (χ0n) is 14.1. The van der Waals surface area contributed by atoms with E-state index in [1.165, 1.54) is 12.1 Å². The Labute approximate surface area is 152 Å². The molecule has 2 aromatic rings. The number of halogens is 2. The van der Waals surface area contributed by atoms with E-state index in [2.05, 4.69) is 4.90 Å². The Kier molecular flexibility index (Phi) is 6.13. The first-order valence-electron chi connectivity index (χ1n) is 8.20. The molecule has 134 valence electrons. The van der Waals surface area contributed by atoms with E-state index in [0.29, 0.717) is 24.8 Å². The second-order valence-electron chi connectivity index (χ2n) is 6.06. The molecule has 0 bridgehead atoms. The van der Waals surface area contributed by atoms with Gasteiger partial charge in [0, 0.05) is 29.2 Å². The van der Waals surface area contributed by atoms with Gasteiger partial charge in [-0.3, -0.25) is 0 Å². The Bertz CT molecular complexity index is 726. The van der Waals surface area contributed by atoms with Gasteiger partial charge in [0.25, 0.3) is 0 Å². The number of hydrogen-bond donors (Lipinski definition) is 0. The van der Waals surface area contributed by atoms with Crippen LogP contribution in [0.5, 0.6) is 11.5 Å². The molecular weight excluding hydrogens is 345 g/mol. The maximum Gasteiger partial charge on any atom is 0.189 e. The molecule has 3 rings (SSSR count). The van der Waals surface area contributed by atoms with E-state index in [1.807, 2.05) is 25.2 Å². The fourth-order valence-electron chi connectivity index (χ4n) is 2.83. The lowest BCUT2D eigenvalue weighted by molar-refractivity contribution is -0.0176.